The van der Waals surface area contributed by atoms with Crippen LogP contribution in [0.2, 0.25) is 0 Å². The van der Waals surface area contributed by atoms with E-state index >= 15 is 0 Å². The highest BCUT2D eigenvalue weighted by atomic mass is 16.1. The fourth-order valence-electron chi connectivity index (χ4n) is 3.33. The average Bonchev–Trinajstić information content (AvgIpc) is 2.92. The topological polar surface area (TPSA) is 69.8 Å². The van der Waals surface area contributed by atoms with Gasteiger partial charge in [0.25, 0.3) is 5.91 Å². The predicted octanol–water partition coefficient (Wildman–Crippen LogP) is 2.50. The lowest BCUT2D eigenvalue weighted by Crippen LogP contribution is -2.30. The quantitative estimate of drug-likeness (QED) is 0.791. The summed E-state index contributed by atoms with van der Waals surface area (Å²) < 4.78 is 0. The third kappa shape index (κ3) is 4.03. The van der Waals surface area contributed by atoms with Crippen LogP contribution in [0.25, 0.3) is 0 Å². The summed E-state index contributed by atoms with van der Waals surface area (Å²) in [7, 11) is 0. The van der Waals surface area contributed by atoms with E-state index in [1.165, 1.54) is 18.4 Å². The van der Waals surface area contributed by atoms with E-state index in [1.54, 1.807) is 0 Å². The number of carbonyl (C=O) groups excluding carboxylic acids is 1. The Labute approximate surface area is 143 Å². The minimum atomic E-state index is -0.0408. The summed E-state index contributed by atoms with van der Waals surface area (Å²) in [5.41, 5.74) is 5.01. The fraction of sp³-hybridized carbons (Fsp3) is 0.474. The summed E-state index contributed by atoms with van der Waals surface area (Å²) in [6.45, 7) is 6.66. The molecule has 1 aliphatic heterocycles. The maximum atomic E-state index is 12.3. The van der Waals surface area contributed by atoms with Gasteiger partial charge in [0.05, 0.1) is 5.69 Å². The number of amides is 1. The lowest BCUT2D eigenvalue weighted by atomic mass is 9.92. The summed E-state index contributed by atoms with van der Waals surface area (Å²) in [5.74, 6) is 0.673. The van der Waals surface area contributed by atoms with E-state index in [2.05, 4.69) is 33.0 Å². The molecular formula is C19H26N4O. The third-order valence-corrected chi connectivity index (χ3v) is 4.85. The van der Waals surface area contributed by atoms with Crippen LogP contribution in [-0.4, -0.2) is 29.2 Å². The second-order valence-corrected chi connectivity index (χ2v) is 6.71. The maximum Gasteiger partial charge on any atom is 0.251 e. The monoisotopic (exact) mass is 326 g/mol. The van der Waals surface area contributed by atoms with E-state index in [0.29, 0.717) is 18.0 Å². The van der Waals surface area contributed by atoms with Crippen LogP contribution in [0.4, 0.5) is 0 Å². The van der Waals surface area contributed by atoms with Crippen molar-refractivity contribution in [1.29, 1.82) is 0 Å². The van der Waals surface area contributed by atoms with Crippen molar-refractivity contribution in [3.05, 3.63) is 52.3 Å². The van der Waals surface area contributed by atoms with E-state index in [-0.39, 0.29) is 5.91 Å². The number of aromatic nitrogens is 2. The van der Waals surface area contributed by atoms with E-state index in [1.807, 2.05) is 26.0 Å². The molecule has 1 fully saturated rings. The van der Waals surface area contributed by atoms with E-state index in [4.69, 9.17) is 0 Å². The van der Waals surface area contributed by atoms with Crippen LogP contribution >= 0.6 is 0 Å². The molecular weight excluding hydrogens is 300 g/mol. The van der Waals surface area contributed by atoms with E-state index in [9.17, 15) is 4.79 Å². The van der Waals surface area contributed by atoms with Gasteiger partial charge in [-0.25, -0.2) is 0 Å². The zero-order chi connectivity index (χ0) is 16.9. The van der Waals surface area contributed by atoms with Crippen LogP contribution in [0.15, 0.2) is 24.3 Å². The molecule has 0 saturated carbocycles. The number of nitrogens with one attached hydrogen (secondary N) is 3. The number of aromatic amines is 1. The molecule has 128 valence electrons. The van der Waals surface area contributed by atoms with Crippen molar-refractivity contribution in [3.63, 3.8) is 0 Å². The number of H-pyrrole nitrogens is 1. The minimum absolute atomic E-state index is 0.0408. The normalized spacial score (nSPS) is 17.7. The summed E-state index contributed by atoms with van der Waals surface area (Å²) in [4.78, 5) is 12.3. The van der Waals surface area contributed by atoms with Gasteiger partial charge in [0.1, 0.15) is 0 Å². The van der Waals surface area contributed by atoms with Gasteiger partial charge in [-0.1, -0.05) is 12.1 Å². The second-order valence-electron chi connectivity index (χ2n) is 6.71. The Morgan fingerprint density at radius 2 is 2.08 bits per heavy atom. The van der Waals surface area contributed by atoms with Crippen LogP contribution in [0.3, 0.4) is 0 Å². The molecule has 1 saturated heterocycles. The standard InChI is InChI=1S/C19H26N4O/c1-13-18(14(2)23-22-13)12-21-19(24)17-7-5-15(6-8-17)10-16-4-3-9-20-11-16/h5-8,16,20H,3-4,9-12H2,1-2H3,(H,21,24)(H,22,23)/t16-/m1/s1. The van der Waals surface area contributed by atoms with Crippen molar-refractivity contribution < 1.29 is 4.79 Å². The van der Waals surface area contributed by atoms with Crippen molar-refractivity contribution in [3.8, 4) is 0 Å². The van der Waals surface area contributed by atoms with Gasteiger partial charge in [-0.3, -0.25) is 9.89 Å². The minimum Gasteiger partial charge on any atom is -0.348 e. The lowest BCUT2D eigenvalue weighted by Gasteiger charge is -2.22. The van der Waals surface area contributed by atoms with E-state index < -0.39 is 0 Å². The number of benzene rings is 1. The largest absolute Gasteiger partial charge is 0.348 e. The molecule has 1 aliphatic rings. The van der Waals surface area contributed by atoms with Gasteiger partial charge in [0, 0.05) is 23.4 Å². The van der Waals surface area contributed by atoms with Crippen LogP contribution < -0.4 is 10.6 Å². The molecule has 24 heavy (non-hydrogen) atoms. The zero-order valence-electron chi connectivity index (χ0n) is 14.5. The molecule has 3 rings (SSSR count). The van der Waals surface area contributed by atoms with Crippen molar-refractivity contribution in [2.45, 2.75) is 39.7 Å². The van der Waals surface area contributed by atoms with E-state index in [0.717, 1.165) is 36.5 Å². The number of hydrogen-bond donors (Lipinski definition) is 3. The molecule has 2 aromatic rings. The van der Waals surface area contributed by atoms with Gasteiger partial charge in [-0.05, 0) is 69.8 Å². The van der Waals surface area contributed by atoms with Crippen molar-refractivity contribution in [1.82, 2.24) is 20.8 Å². The van der Waals surface area contributed by atoms with Crippen LogP contribution in [-0.2, 0) is 13.0 Å². The first-order valence-corrected chi connectivity index (χ1v) is 8.72. The first kappa shape index (κ1) is 16.7. The van der Waals surface area contributed by atoms with Crippen molar-refractivity contribution in [2.75, 3.05) is 13.1 Å². The second kappa shape index (κ2) is 7.62. The molecule has 0 bridgehead atoms. The number of rotatable bonds is 5. The van der Waals surface area contributed by atoms with Gasteiger partial charge in [-0.2, -0.15) is 5.10 Å². The predicted molar refractivity (Wildman–Crippen MR) is 95.0 cm³/mol. The Morgan fingerprint density at radius 1 is 1.29 bits per heavy atom. The van der Waals surface area contributed by atoms with Crippen LogP contribution in [0.1, 0.15) is 45.7 Å². The number of aryl methyl sites for hydroxylation is 2. The SMILES string of the molecule is Cc1n[nH]c(C)c1CNC(=O)c1ccc(C[C@H]2CCCNC2)cc1. The zero-order valence-corrected chi connectivity index (χ0v) is 14.5. The molecule has 5 nitrogen and oxygen atoms in total. The molecule has 3 N–H and O–H groups in total. The molecule has 0 unspecified atom stereocenters. The summed E-state index contributed by atoms with van der Waals surface area (Å²) in [6, 6.07) is 8.02. The number of carbonyl (C=O) groups is 1. The number of hydrogen-bond acceptors (Lipinski definition) is 3. The third-order valence-electron chi connectivity index (χ3n) is 4.85. The first-order chi connectivity index (χ1) is 11.6. The smallest absolute Gasteiger partial charge is 0.251 e. The molecule has 1 aromatic heterocycles. The fourth-order valence-corrected chi connectivity index (χ4v) is 3.33. The molecule has 0 radical (unpaired) electrons. The highest BCUT2D eigenvalue weighted by Gasteiger charge is 2.14. The summed E-state index contributed by atoms with van der Waals surface area (Å²) in [6.07, 6.45) is 3.64. The Morgan fingerprint density at radius 3 is 2.71 bits per heavy atom. The van der Waals surface area contributed by atoms with Crippen LogP contribution in [0, 0.1) is 19.8 Å². The molecule has 1 amide bonds. The number of piperidine rings is 1. The maximum absolute atomic E-state index is 12.3. The highest BCUT2D eigenvalue weighted by molar-refractivity contribution is 5.94. The first-order valence-electron chi connectivity index (χ1n) is 8.72. The van der Waals surface area contributed by atoms with Gasteiger partial charge in [-0.15, -0.1) is 0 Å². The molecule has 2 heterocycles. The molecule has 5 heteroatoms. The Kier molecular flexibility index (Phi) is 5.30. The Bertz CT molecular complexity index is 664. The lowest BCUT2D eigenvalue weighted by molar-refractivity contribution is 0.0951. The van der Waals surface area contributed by atoms with Gasteiger partial charge in [0.15, 0.2) is 0 Å². The van der Waals surface area contributed by atoms with Gasteiger partial charge in [0.2, 0.25) is 0 Å². The average molecular weight is 326 g/mol. The van der Waals surface area contributed by atoms with Gasteiger partial charge < -0.3 is 10.6 Å². The Hall–Kier alpha value is -2.14. The summed E-state index contributed by atoms with van der Waals surface area (Å²) >= 11 is 0. The van der Waals surface area contributed by atoms with Gasteiger partial charge >= 0.3 is 0 Å². The number of nitrogens with zero attached hydrogens (tertiary/aromatic N) is 1. The molecule has 1 aromatic carbocycles. The molecule has 0 spiro atoms. The Balaban J connectivity index is 1.55. The molecule has 1 atom stereocenters. The van der Waals surface area contributed by atoms with Crippen molar-refractivity contribution in [2.24, 2.45) is 5.92 Å². The van der Waals surface area contributed by atoms with Crippen molar-refractivity contribution >= 4 is 5.91 Å². The van der Waals surface area contributed by atoms with Crippen LogP contribution in [0.5, 0.6) is 0 Å². The summed E-state index contributed by atoms with van der Waals surface area (Å²) in [5, 5.41) is 13.5. The molecule has 0 aliphatic carbocycles. The highest BCUT2D eigenvalue weighted by Crippen LogP contribution is 2.17.